The highest BCUT2D eigenvalue weighted by molar-refractivity contribution is 5.96. The Balaban J connectivity index is 1.67. The van der Waals surface area contributed by atoms with Crippen LogP contribution in [0.15, 0.2) is 72.8 Å². The molecule has 0 atom stereocenters. The molecule has 0 bridgehead atoms. The summed E-state index contributed by atoms with van der Waals surface area (Å²) in [5, 5.41) is 21.7. The lowest BCUT2D eigenvalue weighted by atomic mass is 9.93. The Morgan fingerprint density at radius 3 is 2.45 bits per heavy atom. The van der Waals surface area contributed by atoms with Gasteiger partial charge in [-0.25, -0.2) is 9.48 Å². The number of rotatable bonds is 6. The van der Waals surface area contributed by atoms with E-state index in [-0.39, 0.29) is 5.56 Å². The number of tetrazole rings is 1. The number of carbonyl (C=O) groups is 1. The lowest BCUT2D eigenvalue weighted by molar-refractivity contribution is 0.0697. The van der Waals surface area contributed by atoms with Crippen molar-refractivity contribution in [2.75, 3.05) is 0 Å². The average Bonchev–Trinajstić information content (AvgIpc) is 3.15. The van der Waals surface area contributed by atoms with Gasteiger partial charge in [0, 0.05) is 6.42 Å². The molecule has 0 unspecified atom stereocenters. The van der Waals surface area contributed by atoms with Gasteiger partial charge in [-0.3, -0.25) is 0 Å². The van der Waals surface area contributed by atoms with Crippen LogP contribution in [0.5, 0.6) is 0 Å². The molecule has 0 aliphatic rings. The first-order valence-electron chi connectivity index (χ1n) is 9.33. The monoisotopic (exact) mass is 384 g/mol. The normalized spacial score (nSPS) is 10.8. The maximum absolute atomic E-state index is 11.8. The lowest BCUT2D eigenvalue weighted by Crippen LogP contribution is -2.08. The number of benzene rings is 3. The summed E-state index contributed by atoms with van der Waals surface area (Å²) in [6, 6.07) is 23.2. The number of aromatic nitrogens is 4. The van der Waals surface area contributed by atoms with Crippen molar-refractivity contribution < 1.29 is 9.90 Å². The molecular weight excluding hydrogens is 364 g/mol. The van der Waals surface area contributed by atoms with E-state index in [0.717, 1.165) is 28.1 Å². The number of carboxylic acid groups (broad SMARTS) is 1. The van der Waals surface area contributed by atoms with Gasteiger partial charge in [-0.2, -0.15) is 0 Å². The summed E-state index contributed by atoms with van der Waals surface area (Å²) in [6.07, 6.45) is 0.513. The Bertz CT molecular complexity index is 1150. The molecule has 0 amide bonds. The molecule has 1 heterocycles. The summed E-state index contributed by atoms with van der Waals surface area (Å²) >= 11 is 0. The van der Waals surface area contributed by atoms with Crippen LogP contribution < -0.4 is 0 Å². The molecule has 0 saturated heterocycles. The Morgan fingerprint density at radius 2 is 1.69 bits per heavy atom. The molecular formula is C23H20N4O2. The molecule has 3 aromatic carbocycles. The zero-order chi connectivity index (χ0) is 20.2. The van der Waals surface area contributed by atoms with Crippen molar-refractivity contribution in [1.29, 1.82) is 0 Å². The number of aryl methyl sites for hydroxylation is 1. The zero-order valence-electron chi connectivity index (χ0n) is 16.0. The van der Waals surface area contributed by atoms with E-state index in [1.54, 1.807) is 10.7 Å². The first-order chi connectivity index (χ1) is 14.1. The summed E-state index contributed by atoms with van der Waals surface area (Å²) < 4.78 is 1.77. The van der Waals surface area contributed by atoms with Gasteiger partial charge in [-0.05, 0) is 57.3 Å². The van der Waals surface area contributed by atoms with Crippen molar-refractivity contribution in [3.63, 3.8) is 0 Å². The van der Waals surface area contributed by atoms with Crippen LogP contribution in [0.2, 0.25) is 0 Å². The topological polar surface area (TPSA) is 80.9 Å². The van der Waals surface area contributed by atoms with E-state index in [1.807, 2.05) is 73.7 Å². The van der Waals surface area contributed by atoms with Crippen molar-refractivity contribution in [3.05, 3.63) is 101 Å². The quantitative estimate of drug-likeness (QED) is 0.544. The molecule has 0 spiro atoms. The molecule has 1 aromatic heterocycles. The number of carboxylic acids is 1. The molecule has 144 valence electrons. The van der Waals surface area contributed by atoms with Gasteiger partial charge >= 0.3 is 5.97 Å². The van der Waals surface area contributed by atoms with Crippen molar-refractivity contribution in [1.82, 2.24) is 20.2 Å². The van der Waals surface area contributed by atoms with Gasteiger partial charge in [0.15, 0.2) is 5.82 Å². The van der Waals surface area contributed by atoms with Crippen LogP contribution in [0, 0.1) is 6.92 Å². The highest BCUT2D eigenvalue weighted by Gasteiger charge is 2.15. The van der Waals surface area contributed by atoms with Crippen LogP contribution >= 0.6 is 0 Å². The van der Waals surface area contributed by atoms with E-state index in [1.165, 1.54) is 0 Å². The second-order valence-corrected chi connectivity index (χ2v) is 6.92. The Labute approximate surface area is 168 Å². The minimum Gasteiger partial charge on any atom is -0.478 e. The van der Waals surface area contributed by atoms with Gasteiger partial charge in [-0.15, -0.1) is 5.10 Å². The summed E-state index contributed by atoms with van der Waals surface area (Å²) in [5.74, 6) is -0.212. The van der Waals surface area contributed by atoms with E-state index in [2.05, 4.69) is 15.5 Å². The standard InChI is InChI=1S/C23H20N4O2/c1-16-7-5-6-10-19(16)21-13-18(11-12-20(21)23(28)29)14-22-24-25-26-27(22)15-17-8-3-2-4-9-17/h2-13H,14-15H2,1H3,(H,28,29). The molecule has 0 aliphatic carbocycles. The molecule has 0 radical (unpaired) electrons. The smallest absolute Gasteiger partial charge is 0.336 e. The second-order valence-electron chi connectivity index (χ2n) is 6.92. The fourth-order valence-corrected chi connectivity index (χ4v) is 3.40. The highest BCUT2D eigenvalue weighted by atomic mass is 16.4. The van der Waals surface area contributed by atoms with Crippen LogP contribution in [-0.4, -0.2) is 31.3 Å². The second kappa shape index (κ2) is 8.06. The molecule has 0 fully saturated rings. The molecule has 1 N–H and O–H groups in total. The Hall–Kier alpha value is -3.80. The maximum atomic E-state index is 11.8. The van der Waals surface area contributed by atoms with Gasteiger partial charge in [-0.1, -0.05) is 60.7 Å². The van der Waals surface area contributed by atoms with Crippen molar-refractivity contribution in [2.24, 2.45) is 0 Å². The molecule has 6 heteroatoms. The predicted octanol–water partition coefficient (Wildman–Crippen LogP) is 3.99. The summed E-state index contributed by atoms with van der Waals surface area (Å²) in [4.78, 5) is 11.8. The number of hydrogen-bond acceptors (Lipinski definition) is 4. The molecule has 0 aliphatic heterocycles. The number of nitrogens with zero attached hydrogens (tertiary/aromatic N) is 4. The first kappa shape index (κ1) is 18.6. The van der Waals surface area contributed by atoms with Crippen LogP contribution in [0.25, 0.3) is 11.1 Å². The van der Waals surface area contributed by atoms with Gasteiger partial charge in [0.1, 0.15) is 0 Å². The summed E-state index contributed by atoms with van der Waals surface area (Å²) in [6.45, 7) is 2.56. The Morgan fingerprint density at radius 1 is 0.931 bits per heavy atom. The van der Waals surface area contributed by atoms with Crippen molar-refractivity contribution in [2.45, 2.75) is 19.9 Å². The van der Waals surface area contributed by atoms with Crippen molar-refractivity contribution in [3.8, 4) is 11.1 Å². The average molecular weight is 384 g/mol. The predicted molar refractivity (Wildman–Crippen MR) is 110 cm³/mol. The molecule has 4 rings (SSSR count). The minimum absolute atomic E-state index is 0.284. The third kappa shape index (κ3) is 4.06. The maximum Gasteiger partial charge on any atom is 0.336 e. The van der Waals surface area contributed by atoms with Crippen LogP contribution in [0.3, 0.4) is 0 Å². The van der Waals surface area contributed by atoms with Crippen molar-refractivity contribution >= 4 is 5.97 Å². The molecule has 0 saturated carbocycles. The third-order valence-electron chi connectivity index (χ3n) is 4.89. The van der Waals surface area contributed by atoms with E-state index >= 15 is 0 Å². The van der Waals surface area contributed by atoms with E-state index in [0.29, 0.717) is 18.5 Å². The van der Waals surface area contributed by atoms with Gasteiger partial charge in [0.25, 0.3) is 0 Å². The van der Waals surface area contributed by atoms with Crippen LogP contribution in [-0.2, 0) is 13.0 Å². The van der Waals surface area contributed by atoms with Crippen LogP contribution in [0.1, 0.15) is 32.9 Å². The lowest BCUT2D eigenvalue weighted by Gasteiger charge is -2.12. The van der Waals surface area contributed by atoms with Gasteiger partial charge in [0.2, 0.25) is 0 Å². The van der Waals surface area contributed by atoms with E-state index < -0.39 is 5.97 Å². The summed E-state index contributed by atoms with van der Waals surface area (Å²) in [5.41, 5.74) is 5.00. The molecule has 4 aromatic rings. The SMILES string of the molecule is Cc1ccccc1-c1cc(Cc2nnnn2Cc2ccccc2)ccc1C(=O)O. The summed E-state index contributed by atoms with van der Waals surface area (Å²) in [7, 11) is 0. The Kier molecular flexibility index (Phi) is 5.16. The van der Waals surface area contributed by atoms with Crippen LogP contribution in [0.4, 0.5) is 0 Å². The van der Waals surface area contributed by atoms with Gasteiger partial charge < -0.3 is 5.11 Å². The fourth-order valence-electron chi connectivity index (χ4n) is 3.40. The zero-order valence-corrected chi connectivity index (χ0v) is 16.0. The molecule has 29 heavy (non-hydrogen) atoms. The highest BCUT2D eigenvalue weighted by Crippen LogP contribution is 2.28. The molecule has 6 nitrogen and oxygen atoms in total. The van der Waals surface area contributed by atoms with E-state index in [4.69, 9.17) is 0 Å². The number of hydrogen-bond donors (Lipinski definition) is 1. The minimum atomic E-state index is -0.941. The first-order valence-corrected chi connectivity index (χ1v) is 9.33. The fraction of sp³-hybridized carbons (Fsp3) is 0.130. The largest absolute Gasteiger partial charge is 0.478 e. The third-order valence-corrected chi connectivity index (χ3v) is 4.89. The van der Waals surface area contributed by atoms with Gasteiger partial charge in [0.05, 0.1) is 12.1 Å². The van der Waals surface area contributed by atoms with E-state index in [9.17, 15) is 9.90 Å². The number of aromatic carboxylic acids is 1.